The van der Waals surface area contributed by atoms with Crippen LogP contribution in [0.3, 0.4) is 0 Å². The molecule has 1 fully saturated rings. The molecule has 4 nitrogen and oxygen atoms in total. The molecule has 1 aliphatic rings. The second-order valence-corrected chi connectivity index (χ2v) is 10.8. The van der Waals surface area contributed by atoms with E-state index in [9.17, 15) is 9.59 Å². The fourth-order valence-electron chi connectivity index (χ4n) is 5.79. The fraction of sp³-hybridized carbons (Fsp3) is 0.278. The molecule has 4 heteroatoms. The minimum absolute atomic E-state index is 0.0240. The zero-order chi connectivity index (χ0) is 27.6. The molecule has 0 bridgehead atoms. The first-order chi connectivity index (χ1) is 19.7. The summed E-state index contributed by atoms with van der Waals surface area (Å²) in [5, 5.41) is 3.30. The predicted molar refractivity (Wildman–Crippen MR) is 161 cm³/mol. The second-order valence-electron chi connectivity index (χ2n) is 10.8. The molecular formula is C36H38N2O2. The van der Waals surface area contributed by atoms with Crippen molar-refractivity contribution in [2.24, 2.45) is 0 Å². The van der Waals surface area contributed by atoms with E-state index in [1.165, 1.54) is 0 Å². The van der Waals surface area contributed by atoms with Crippen LogP contribution in [0.5, 0.6) is 0 Å². The molecule has 5 rings (SSSR count). The van der Waals surface area contributed by atoms with Gasteiger partial charge in [-0.3, -0.25) is 9.59 Å². The molecule has 0 spiro atoms. The van der Waals surface area contributed by atoms with Gasteiger partial charge in [0, 0.05) is 31.3 Å². The molecule has 204 valence electrons. The van der Waals surface area contributed by atoms with Gasteiger partial charge >= 0.3 is 0 Å². The van der Waals surface area contributed by atoms with Crippen molar-refractivity contribution in [2.75, 3.05) is 0 Å². The van der Waals surface area contributed by atoms with Gasteiger partial charge in [0.05, 0.1) is 0 Å². The van der Waals surface area contributed by atoms with Gasteiger partial charge in [-0.15, -0.1) is 0 Å². The van der Waals surface area contributed by atoms with Gasteiger partial charge in [-0.25, -0.2) is 0 Å². The van der Waals surface area contributed by atoms with E-state index in [1.807, 2.05) is 102 Å². The Kier molecular flexibility index (Phi) is 9.41. The molecular weight excluding hydrogens is 492 g/mol. The largest absolute Gasteiger partial charge is 0.352 e. The molecule has 4 aromatic rings. The van der Waals surface area contributed by atoms with Crippen LogP contribution in [0.15, 0.2) is 121 Å². The number of benzene rings is 4. The number of rotatable bonds is 11. The van der Waals surface area contributed by atoms with Gasteiger partial charge in [-0.2, -0.15) is 0 Å². The second kappa shape index (κ2) is 13.7. The molecule has 4 aromatic carbocycles. The Bertz CT molecular complexity index is 1300. The van der Waals surface area contributed by atoms with Crippen molar-refractivity contribution in [3.63, 3.8) is 0 Å². The molecule has 1 unspecified atom stereocenters. The maximum atomic E-state index is 14.4. The van der Waals surface area contributed by atoms with Crippen LogP contribution < -0.4 is 5.32 Å². The number of nitrogens with one attached hydrogen (secondary N) is 1. The van der Waals surface area contributed by atoms with Gasteiger partial charge in [0.25, 0.3) is 0 Å². The SMILES string of the molecule is O=C(NC1CCCC1)C(Cc1ccccc1)N(Cc1ccccc1)C(=O)CC(c1ccccc1)c1ccccc1. The van der Waals surface area contributed by atoms with Crippen LogP contribution in [0.25, 0.3) is 0 Å². The van der Waals surface area contributed by atoms with E-state index >= 15 is 0 Å². The van der Waals surface area contributed by atoms with E-state index in [0.29, 0.717) is 13.0 Å². The van der Waals surface area contributed by atoms with Crippen LogP contribution in [0.2, 0.25) is 0 Å². The zero-order valence-electron chi connectivity index (χ0n) is 23.0. The molecule has 0 saturated heterocycles. The molecule has 1 atom stereocenters. The smallest absolute Gasteiger partial charge is 0.243 e. The topological polar surface area (TPSA) is 49.4 Å². The van der Waals surface area contributed by atoms with Crippen LogP contribution in [0, 0.1) is 0 Å². The normalized spacial score (nSPS) is 14.1. The molecule has 0 heterocycles. The summed E-state index contributed by atoms with van der Waals surface area (Å²) in [6.07, 6.45) is 5.02. The van der Waals surface area contributed by atoms with Crippen molar-refractivity contribution < 1.29 is 9.59 Å². The average Bonchev–Trinajstić information content (AvgIpc) is 3.52. The van der Waals surface area contributed by atoms with Gasteiger partial charge in [-0.1, -0.05) is 134 Å². The Morgan fingerprint density at radius 2 is 1.15 bits per heavy atom. The van der Waals surface area contributed by atoms with Crippen LogP contribution in [0.1, 0.15) is 60.3 Å². The summed E-state index contributed by atoms with van der Waals surface area (Å²) in [6, 6.07) is 40.0. The Morgan fingerprint density at radius 3 is 1.68 bits per heavy atom. The third-order valence-electron chi connectivity index (χ3n) is 7.95. The molecule has 1 N–H and O–H groups in total. The molecule has 1 aliphatic carbocycles. The summed E-state index contributed by atoms with van der Waals surface area (Å²) in [7, 11) is 0. The van der Waals surface area contributed by atoms with Crippen molar-refractivity contribution >= 4 is 11.8 Å². The predicted octanol–water partition coefficient (Wildman–Crippen LogP) is 6.91. The Morgan fingerprint density at radius 1 is 0.675 bits per heavy atom. The minimum Gasteiger partial charge on any atom is -0.352 e. The third kappa shape index (κ3) is 7.26. The molecule has 0 aliphatic heterocycles. The lowest BCUT2D eigenvalue weighted by Gasteiger charge is -2.33. The quantitative estimate of drug-likeness (QED) is 0.229. The summed E-state index contributed by atoms with van der Waals surface area (Å²) < 4.78 is 0. The first-order valence-electron chi connectivity index (χ1n) is 14.4. The summed E-state index contributed by atoms with van der Waals surface area (Å²) in [4.78, 5) is 30.2. The average molecular weight is 531 g/mol. The van der Waals surface area contributed by atoms with Crippen LogP contribution in [0.4, 0.5) is 0 Å². The highest BCUT2D eigenvalue weighted by atomic mass is 16.2. The number of carbonyl (C=O) groups is 2. The van der Waals surface area contributed by atoms with Crippen LogP contribution in [-0.4, -0.2) is 28.8 Å². The van der Waals surface area contributed by atoms with Gasteiger partial charge in [0.15, 0.2) is 0 Å². The lowest BCUT2D eigenvalue weighted by atomic mass is 9.87. The van der Waals surface area contributed by atoms with Crippen LogP contribution >= 0.6 is 0 Å². The summed E-state index contributed by atoms with van der Waals surface area (Å²) in [5.74, 6) is -0.191. The maximum Gasteiger partial charge on any atom is 0.243 e. The highest BCUT2D eigenvalue weighted by Crippen LogP contribution is 2.30. The third-order valence-corrected chi connectivity index (χ3v) is 7.95. The zero-order valence-corrected chi connectivity index (χ0v) is 23.0. The number of carbonyl (C=O) groups excluding carboxylic acids is 2. The summed E-state index contributed by atoms with van der Waals surface area (Å²) in [6.45, 7) is 0.381. The lowest BCUT2D eigenvalue weighted by Crippen LogP contribution is -2.52. The molecule has 40 heavy (non-hydrogen) atoms. The minimum atomic E-state index is -0.608. The first-order valence-corrected chi connectivity index (χ1v) is 14.4. The van der Waals surface area contributed by atoms with E-state index in [2.05, 4.69) is 29.6 Å². The van der Waals surface area contributed by atoms with Crippen molar-refractivity contribution in [1.82, 2.24) is 10.2 Å². The molecule has 2 amide bonds. The van der Waals surface area contributed by atoms with Gasteiger partial charge < -0.3 is 10.2 Å². The first kappa shape index (κ1) is 27.4. The summed E-state index contributed by atoms with van der Waals surface area (Å²) in [5.41, 5.74) is 4.25. The van der Waals surface area contributed by atoms with Gasteiger partial charge in [-0.05, 0) is 35.1 Å². The number of hydrogen-bond donors (Lipinski definition) is 1. The van der Waals surface area contributed by atoms with Crippen molar-refractivity contribution in [3.05, 3.63) is 144 Å². The van der Waals surface area contributed by atoms with Crippen LogP contribution in [-0.2, 0) is 22.6 Å². The summed E-state index contributed by atoms with van der Waals surface area (Å²) >= 11 is 0. The molecule has 0 aromatic heterocycles. The lowest BCUT2D eigenvalue weighted by molar-refractivity contribution is -0.141. The highest BCUT2D eigenvalue weighted by Gasteiger charge is 2.33. The van der Waals surface area contributed by atoms with E-state index in [4.69, 9.17) is 0 Å². The fourth-order valence-corrected chi connectivity index (χ4v) is 5.79. The number of nitrogens with zero attached hydrogens (tertiary/aromatic N) is 1. The highest BCUT2D eigenvalue weighted by molar-refractivity contribution is 5.88. The standard InChI is InChI=1S/C36H38N2O2/c39-35(26-33(30-19-9-3-10-20-30)31-21-11-4-12-22-31)38(27-29-17-7-2-8-18-29)34(25-28-15-5-1-6-16-28)36(40)37-32-23-13-14-24-32/h1-12,15-22,32-34H,13-14,23-27H2,(H,37,40). The van der Waals surface area contributed by atoms with E-state index < -0.39 is 6.04 Å². The number of amides is 2. The number of hydrogen-bond acceptors (Lipinski definition) is 2. The maximum absolute atomic E-state index is 14.4. The van der Waals surface area contributed by atoms with Crippen molar-refractivity contribution in [1.29, 1.82) is 0 Å². The van der Waals surface area contributed by atoms with E-state index in [1.54, 1.807) is 0 Å². The Labute approximate surface area is 238 Å². The molecule has 1 saturated carbocycles. The monoisotopic (exact) mass is 530 g/mol. The van der Waals surface area contributed by atoms with E-state index in [-0.39, 0.29) is 30.2 Å². The van der Waals surface area contributed by atoms with Crippen molar-refractivity contribution in [3.8, 4) is 0 Å². The Balaban J connectivity index is 1.49. The van der Waals surface area contributed by atoms with Crippen molar-refractivity contribution in [2.45, 2.75) is 63.1 Å². The van der Waals surface area contributed by atoms with E-state index in [0.717, 1.165) is 47.9 Å². The molecule has 0 radical (unpaired) electrons. The Hall–Kier alpha value is -4.18. The van der Waals surface area contributed by atoms with Gasteiger partial charge in [0.1, 0.15) is 6.04 Å². The van der Waals surface area contributed by atoms with Gasteiger partial charge in [0.2, 0.25) is 11.8 Å².